The fourth-order valence-electron chi connectivity index (χ4n) is 4.99. The van der Waals surface area contributed by atoms with Gasteiger partial charge in [-0.15, -0.1) is 0 Å². The minimum absolute atomic E-state index is 0.0511. The van der Waals surface area contributed by atoms with Gasteiger partial charge in [-0.3, -0.25) is 14.7 Å². The number of carbonyl (C=O) groups is 2. The molecule has 0 bridgehead atoms. The largest absolute Gasteiger partial charge is 0.352 e. The molecule has 0 saturated carbocycles. The van der Waals surface area contributed by atoms with E-state index in [0.717, 1.165) is 47.2 Å². The van der Waals surface area contributed by atoms with E-state index in [4.69, 9.17) is 0 Å². The van der Waals surface area contributed by atoms with Crippen molar-refractivity contribution < 1.29 is 9.59 Å². The number of fused-ring (bicyclic) bond motifs is 2. The second kappa shape index (κ2) is 8.18. The second-order valence-corrected chi connectivity index (χ2v) is 9.96. The number of H-pyrrole nitrogens is 1. The van der Waals surface area contributed by atoms with Crippen LogP contribution in [-0.4, -0.2) is 33.5 Å². The molecule has 0 atom stereocenters. The molecule has 6 heteroatoms. The van der Waals surface area contributed by atoms with Crippen LogP contribution in [0.2, 0.25) is 0 Å². The number of hydrogen-bond acceptors (Lipinski definition) is 3. The van der Waals surface area contributed by atoms with E-state index in [1.54, 1.807) is 0 Å². The molecule has 1 aromatic heterocycles. The Morgan fingerprint density at radius 3 is 2.73 bits per heavy atom. The van der Waals surface area contributed by atoms with Crippen LogP contribution in [0.1, 0.15) is 70.3 Å². The molecule has 1 aliphatic heterocycles. The lowest BCUT2D eigenvalue weighted by Gasteiger charge is -2.29. The maximum absolute atomic E-state index is 13.0. The molecule has 3 aromatic rings. The van der Waals surface area contributed by atoms with E-state index < -0.39 is 0 Å². The molecule has 0 spiro atoms. The Bertz CT molecular complexity index is 1220. The molecule has 2 aliphatic rings. The summed E-state index contributed by atoms with van der Waals surface area (Å²) in [6.07, 6.45) is 3.21. The van der Waals surface area contributed by atoms with E-state index in [1.807, 2.05) is 48.2 Å². The van der Waals surface area contributed by atoms with Crippen LogP contribution in [0.5, 0.6) is 0 Å². The van der Waals surface area contributed by atoms with Gasteiger partial charge in [0.1, 0.15) is 0 Å². The van der Waals surface area contributed by atoms with Gasteiger partial charge in [0.2, 0.25) is 0 Å². The van der Waals surface area contributed by atoms with Crippen LogP contribution in [0.15, 0.2) is 42.5 Å². The molecule has 2 amide bonds. The molecule has 0 unspecified atom stereocenters. The van der Waals surface area contributed by atoms with Gasteiger partial charge in [-0.2, -0.15) is 5.10 Å². The summed E-state index contributed by atoms with van der Waals surface area (Å²) >= 11 is 0. The normalized spacial score (nSPS) is 16.5. The van der Waals surface area contributed by atoms with Gasteiger partial charge in [-0.05, 0) is 67.0 Å². The van der Waals surface area contributed by atoms with E-state index in [9.17, 15) is 9.59 Å². The molecule has 5 rings (SSSR count). The topological polar surface area (TPSA) is 78.1 Å². The first-order chi connectivity index (χ1) is 15.8. The van der Waals surface area contributed by atoms with Crippen LogP contribution in [0.25, 0.3) is 11.3 Å². The van der Waals surface area contributed by atoms with Crippen LogP contribution in [0, 0.1) is 5.41 Å². The number of carbonyl (C=O) groups excluding carboxylic acids is 2. The summed E-state index contributed by atoms with van der Waals surface area (Å²) in [5.74, 6) is -0.0273. The molecule has 170 valence electrons. The Balaban J connectivity index is 1.33. The van der Waals surface area contributed by atoms with Crippen molar-refractivity contribution in [1.82, 2.24) is 20.4 Å². The first-order valence-corrected chi connectivity index (χ1v) is 11.7. The highest BCUT2D eigenvalue weighted by atomic mass is 16.2. The smallest absolute Gasteiger partial charge is 0.254 e. The predicted molar refractivity (Wildman–Crippen MR) is 128 cm³/mol. The molecule has 2 heterocycles. The zero-order valence-electron chi connectivity index (χ0n) is 19.5. The fourth-order valence-corrected chi connectivity index (χ4v) is 4.99. The summed E-state index contributed by atoms with van der Waals surface area (Å²) in [7, 11) is 0. The highest BCUT2D eigenvalue weighted by Gasteiger charge is 2.31. The first kappa shape index (κ1) is 21.4. The van der Waals surface area contributed by atoms with Crippen molar-refractivity contribution in [2.75, 3.05) is 6.54 Å². The van der Waals surface area contributed by atoms with E-state index in [1.165, 1.54) is 11.3 Å². The maximum Gasteiger partial charge on any atom is 0.254 e. The Kier molecular flexibility index (Phi) is 5.31. The summed E-state index contributed by atoms with van der Waals surface area (Å²) in [5, 5.41) is 10.7. The molecule has 2 N–H and O–H groups in total. The SMILES string of the molecule is CCNC(=O)c1ccc(CN2Cc3cc(-c4n[nH]c5c4CCC(C)(C)C5)ccc3C2=O)cc1. The van der Waals surface area contributed by atoms with Crippen LogP contribution >= 0.6 is 0 Å². The predicted octanol–water partition coefficient (Wildman–Crippen LogP) is 4.50. The lowest BCUT2D eigenvalue weighted by Crippen LogP contribution is -2.24. The lowest BCUT2D eigenvalue weighted by atomic mass is 9.76. The lowest BCUT2D eigenvalue weighted by molar-refractivity contribution is 0.0766. The Labute approximate surface area is 194 Å². The number of aromatic nitrogens is 2. The number of nitrogens with one attached hydrogen (secondary N) is 2. The summed E-state index contributed by atoms with van der Waals surface area (Å²) in [4.78, 5) is 26.8. The summed E-state index contributed by atoms with van der Waals surface area (Å²) < 4.78 is 0. The quantitative estimate of drug-likeness (QED) is 0.611. The average Bonchev–Trinajstić information content (AvgIpc) is 3.33. The third-order valence-corrected chi connectivity index (χ3v) is 6.84. The highest BCUT2D eigenvalue weighted by Crippen LogP contribution is 2.38. The standard InChI is InChI=1S/C27H30N4O2/c1-4-28-25(32)18-7-5-17(6-8-18)15-31-16-20-13-19(9-10-21(20)26(31)33)24-22-11-12-27(2,3)14-23(22)29-30-24/h5-10,13H,4,11-12,14-16H2,1-3H3,(H,28,32)(H,29,30). The second-order valence-electron chi connectivity index (χ2n) is 9.96. The van der Waals surface area contributed by atoms with Gasteiger partial charge in [-0.1, -0.05) is 32.0 Å². The van der Waals surface area contributed by atoms with E-state index >= 15 is 0 Å². The molecule has 0 saturated heterocycles. The van der Waals surface area contributed by atoms with E-state index in [-0.39, 0.29) is 11.8 Å². The van der Waals surface area contributed by atoms with Crippen LogP contribution in [-0.2, 0) is 25.9 Å². The Morgan fingerprint density at radius 1 is 1.18 bits per heavy atom. The van der Waals surface area contributed by atoms with Crippen LogP contribution in [0.3, 0.4) is 0 Å². The van der Waals surface area contributed by atoms with Gasteiger partial charge in [0.25, 0.3) is 11.8 Å². The molecule has 0 fully saturated rings. The van der Waals surface area contributed by atoms with Gasteiger partial charge in [-0.25, -0.2) is 0 Å². The first-order valence-electron chi connectivity index (χ1n) is 11.7. The van der Waals surface area contributed by atoms with Crippen molar-refractivity contribution in [2.45, 2.75) is 53.1 Å². The zero-order valence-corrected chi connectivity index (χ0v) is 19.5. The summed E-state index contributed by atoms with van der Waals surface area (Å²) in [5.41, 5.74) is 8.42. The number of aromatic amines is 1. The molecular formula is C27H30N4O2. The van der Waals surface area contributed by atoms with Gasteiger partial charge in [0.05, 0.1) is 5.69 Å². The zero-order chi connectivity index (χ0) is 23.2. The molecule has 33 heavy (non-hydrogen) atoms. The number of hydrogen-bond donors (Lipinski definition) is 2. The van der Waals surface area contributed by atoms with Gasteiger partial charge in [0.15, 0.2) is 0 Å². The maximum atomic E-state index is 13.0. The van der Waals surface area contributed by atoms with Crippen molar-refractivity contribution in [3.63, 3.8) is 0 Å². The minimum Gasteiger partial charge on any atom is -0.352 e. The molecular weight excluding hydrogens is 412 g/mol. The summed E-state index contributed by atoms with van der Waals surface area (Å²) in [6.45, 7) is 8.21. The fraction of sp³-hybridized carbons (Fsp3) is 0.370. The number of rotatable bonds is 5. The number of nitrogens with zero attached hydrogens (tertiary/aromatic N) is 2. The van der Waals surface area contributed by atoms with Gasteiger partial charge in [0, 0.05) is 47.6 Å². The van der Waals surface area contributed by atoms with Gasteiger partial charge >= 0.3 is 0 Å². The third-order valence-electron chi connectivity index (χ3n) is 6.84. The molecule has 2 aromatic carbocycles. The van der Waals surface area contributed by atoms with Crippen LogP contribution < -0.4 is 5.32 Å². The third kappa shape index (κ3) is 4.06. The van der Waals surface area contributed by atoms with Crippen molar-refractivity contribution in [3.05, 3.63) is 76.0 Å². The van der Waals surface area contributed by atoms with Crippen molar-refractivity contribution >= 4 is 11.8 Å². The Hall–Kier alpha value is -3.41. The van der Waals surface area contributed by atoms with Crippen LogP contribution in [0.4, 0.5) is 0 Å². The van der Waals surface area contributed by atoms with Crippen molar-refractivity contribution in [1.29, 1.82) is 0 Å². The molecule has 1 aliphatic carbocycles. The summed E-state index contributed by atoms with van der Waals surface area (Å²) in [6, 6.07) is 13.6. The van der Waals surface area contributed by atoms with E-state index in [2.05, 4.69) is 35.4 Å². The van der Waals surface area contributed by atoms with E-state index in [0.29, 0.717) is 30.6 Å². The van der Waals surface area contributed by atoms with Crippen molar-refractivity contribution in [3.8, 4) is 11.3 Å². The number of amides is 2. The highest BCUT2D eigenvalue weighted by molar-refractivity contribution is 5.99. The van der Waals surface area contributed by atoms with Crippen molar-refractivity contribution in [2.24, 2.45) is 5.41 Å². The molecule has 0 radical (unpaired) electrons. The Morgan fingerprint density at radius 2 is 1.97 bits per heavy atom. The van der Waals surface area contributed by atoms with Gasteiger partial charge < -0.3 is 10.2 Å². The number of benzene rings is 2. The minimum atomic E-state index is -0.0784. The molecule has 6 nitrogen and oxygen atoms in total. The average molecular weight is 443 g/mol. The monoisotopic (exact) mass is 442 g/mol.